The van der Waals surface area contributed by atoms with Gasteiger partial charge >= 0.3 is 5.97 Å². The van der Waals surface area contributed by atoms with Gasteiger partial charge in [-0.1, -0.05) is 61.2 Å². The van der Waals surface area contributed by atoms with Gasteiger partial charge in [-0.3, -0.25) is 4.79 Å². The highest BCUT2D eigenvalue weighted by Gasteiger charge is 2.60. The number of aliphatic carboxylic acids is 1. The third kappa shape index (κ3) is 5.41. The number of nitrogens with one attached hydrogen (secondary N) is 1. The van der Waals surface area contributed by atoms with Crippen molar-refractivity contribution in [1.82, 2.24) is 9.88 Å². The summed E-state index contributed by atoms with van der Waals surface area (Å²) in [7, 11) is 3.09. The second kappa shape index (κ2) is 11.3. The van der Waals surface area contributed by atoms with E-state index in [1.807, 2.05) is 44.2 Å². The SMILES string of the molecule is COc1cc(Cl)cnc1NC1C(c2ccccc2)N(C(=O)C2CCCCC2)C(C(=O)O)C1C(C)(C)OC. The molecule has 2 aliphatic rings. The number of anilines is 1. The molecule has 1 amide bonds. The monoisotopic (exact) mass is 529 g/mol. The van der Waals surface area contributed by atoms with E-state index in [0.717, 1.165) is 37.7 Å². The van der Waals surface area contributed by atoms with Crippen LogP contribution in [0.3, 0.4) is 0 Å². The number of carboxylic acids is 1. The quantitative estimate of drug-likeness (QED) is 0.485. The second-order valence-corrected chi connectivity index (χ2v) is 10.9. The molecule has 200 valence electrons. The topological polar surface area (TPSA) is 101 Å². The van der Waals surface area contributed by atoms with Gasteiger partial charge in [-0.05, 0) is 32.3 Å². The van der Waals surface area contributed by atoms with Crippen molar-refractivity contribution in [3.63, 3.8) is 0 Å². The molecule has 9 heteroatoms. The van der Waals surface area contributed by atoms with Crippen LogP contribution in [0.4, 0.5) is 5.82 Å². The number of halogens is 1. The highest BCUT2D eigenvalue weighted by atomic mass is 35.5. The van der Waals surface area contributed by atoms with Gasteiger partial charge in [-0.15, -0.1) is 0 Å². The van der Waals surface area contributed by atoms with E-state index in [1.165, 1.54) is 13.3 Å². The van der Waals surface area contributed by atoms with Crippen LogP contribution in [0.2, 0.25) is 5.02 Å². The summed E-state index contributed by atoms with van der Waals surface area (Å²) >= 11 is 6.16. The Morgan fingerprint density at radius 1 is 1.14 bits per heavy atom. The molecule has 1 saturated carbocycles. The van der Waals surface area contributed by atoms with Crippen LogP contribution in [-0.4, -0.2) is 58.8 Å². The Kier molecular flexibility index (Phi) is 8.29. The minimum atomic E-state index is -1.11. The molecule has 2 aromatic rings. The molecule has 0 bridgehead atoms. The third-order valence-corrected chi connectivity index (χ3v) is 8.15. The molecule has 4 unspecified atom stereocenters. The lowest BCUT2D eigenvalue weighted by Crippen LogP contribution is -2.52. The number of carboxylic acid groups (broad SMARTS) is 1. The maximum absolute atomic E-state index is 14.2. The Balaban J connectivity index is 1.90. The molecule has 0 radical (unpaired) electrons. The second-order valence-electron chi connectivity index (χ2n) is 10.4. The molecule has 4 rings (SSSR count). The number of carbonyl (C=O) groups excluding carboxylic acids is 1. The molecule has 2 fully saturated rings. The van der Waals surface area contributed by atoms with E-state index < -0.39 is 35.6 Å². The van der Waals surface area contributed by atoms with Crippen molar-refractivity contribution in [2.75, 3.05) is 19.5 Å². The number of rotatable bonds is 8. The first-order valence-corrected chi connectivity index (χ1v) is 13.2. The van der Waals surface area contributed by atoms with E-state index >= 15 is 0 Å². The summed E-state index contributed by atoms with van der Waals surface area (Å²) in [5.41, 5.74) is -0.0487. The fourth-order valence-corrected chi connectivity index (χ4v) is 6.14. The fraction of sp³-hybridized carbons (Fsp3) is 0.536. The van der Waals surface area contributed by atoms with Gasteiger partial charge in [-0.2, -0.15) is 0 Å². The zero-order chi connectivity index (χ0) is 26.7. The zero-order valence-corrected chi connectivity index (χ0v) is 22.6. The Labute approximate surface area is 223 Å². The average Bonchev–Trinajstić information content (AvgIpc) is 3.26. The van der Waals surface area contributed by atoms with Gasteiger partial charge in [0.2, 0.25) is 5.91 Å². The van der Waals surface area contributed by atoms with Crippen molar-refractivity contribution in [2.45, 2.75) is 69.7 Å². The van der Waals surface area contributed by atoms with Crippen molar-refractivity contribution in [1.29, 1.82) is 0 Å². The third-order valence-electron chi connectivity index (χ3n) is 7.94. The van der Waals surface area contributed by atoms with E-state index in [4.69, 9.17) is 21.1 Å². The molecule has 2 heterocycles. The van der Waals surface area contributed by atoms with E-state index in [9.17, 15) is 14.7 Å². The van der Waals surface area contributed by atoms with E-state index in [0.29, 0.717) is 16.6 Å². The van der Waals surface area contributed by atoms with Crippen LogP contribution >= 0.6 is 11.6 Å². The summed E-state index contributed by atoms with van der Waals surface area (Å²) in [6, 6.07) is 9.02. The number of pyridine rings is 1. The Hall–Kier alpha value is -2.84. The number of benzene rings is 1. The standard InChI is InChI=1S/C28H36ClN3O5/c1-28(2,37-4)21-22(31-25-20(36-3)15-19(29)16-30-25)23(17-11-7-5-8-12-17)32(24(21)27(34)35)26(33)18-13-9-6-10-14-18/h5,7-8,11-12,15-16,18,21-24H,6,9-10,13-14H2,1-4H3,(H,30,31)(H,34,35). The number of nitrogens with zero attached hydrogens (tertiary/aromatic N) is 2. The first kappa shape index (κ1) is 27.2. The van der Waals surface area contributed by atoms with Crippen molar-refractivity contribution in [3.05, 3.63) is 53.2 Å². The number of likely N-dealkylation sites (tertiary alicyclic amines) is 1. The van der Waals surface area contributed by atoms with E-state index in [1.54, 1.807) is 18.1 Å². The van der Waals surface area contributed by atoms with Crippen LogP contribution in [0.25, 0.3) is 0 Å². The predicted octanol–water partition coefficient (Wildman–Crippen LogP) is 5.18. The average molecular weight is 530 g/mol. The summed E-state index contributed by atoms with van der Waals surface area (Å²) in [5.74, 6) is -1.13. The normalized spacial score (nSPS) is 24.6. The van der Waals surface area contributed by atoms with Crippen LogP contribution in [0, 0.1) is 11.8 Å². The molecule has 1 aliphatic heterocycles. The van der Waals surface area contributed by atoms with Crippen molar-refractivity contribution in [2.24, 2.45) is 11.8 Å². The largest absolute Gasteiger partial charge is 0.493 e. The van der Waals surface area contributed by atoms with Gasteiger partial charge < -0.3 is 24.8 Å². The highest BCUT2D eigenvalue weighted by molar-refractivity contribution is 6.30. The Bertz CT molecular complexity index is 1110. The lowest BCUT2D eigenvalue weighted by molar-refractivity contribution is -0.156. The summed E-state index contributed by atoms with van der Waals surface area (Å²) in [4.78, 5) is 33.2. The molecule has 1 aromatic carbocycles. The van der Waals surface area contributed by atoms with Gasteiger partial charge in [-0.25, -0.2) is 9.78 Å². The maximum Gasteiger partial charge on any atom is 0.326 e. The minimum Gasteiger partial charge on any atom is -0.493 e. The van der Waals surface area contributed by atoms with Gasteiger partial charge in [0.1, 0.15) is 6.04 Å². The molecule has 1 aliphatic carbocycles. The molecular formula is C28H36ClN3O5. The fourth-order valence-electron chi connectivity index (χ4n) is 6.00. The number of amides is 1. The predicted molar refractivity (Wildman–Crippen MR) is 142 cm³/mol. The lowest BCUT2D eigenvalue weighted by atomic mass is 9.79. The highest BCUT2D eigenvalue weighted by Crippen LogP contribution is 2.49. The molecule has 4 atom stereocenters. The van der Waals surface area contributed by atoms with E-state index in [-0.39, 0.29) is 11.8 Å². The lowest BCUT2D eigenvalue weighted by Gasteiger charge is -2.37. The van der Waals surface area contributed by atoms with Gasteiger partial charge in [0.25, 0.3) is 0 Å². The molecule has 37 heavy (non-hydrogen) atoms. The van der Waals surface area contributed by atoms with Crippen molar-refractivity contribution in [3.8, 4) is 5.75 Å². The Morgan fingerprint density at radius 3 is 2.41 bits per heavy atom. The van der Waals surface area contributed by atoms with Crippen LogP contribution in [-0.2, 0) is 14.3 Å². The van der Waals surface area contributed by atoms with Crippen molar-refractivity contribution >= 4 is 29.3 Å². The van der Waals surface area contributed by atoms with Crippen LogP contribution in [0.5, 0.6) is 5.75 Å². The minimum absolute atomic E-state index is 0.113. The van der Waals surface area contributed by atoms with Crippen LogP contribution in [0.1, 0.15) is 57.6 Å². The van der Waals surface area contributed by atoms with Gasteiger partial charge in [0.15, 0.2) is 11.6 Å². The van der Waals surface area contributed by atoms with Crippen molar-refractivity contribution < 1.29 is 24.2 Å². The maximum atomic E-state index is 14.2. The van der Waals surface area contributed by atoms with E-state index in [2.05, 4.69) is 10.3 Å². The van der Waals surface area contributed by atoms with Gasteiger partial charge in [0, 0.05) is 31.2 Å². The number of hydrogen-bond acceptors (Lipinski definition) is 6. The molecule has 2 N–H and O–H groups in total. The number of ether oxygens (including phenoxy) is 2. The number of carbonyl (C=O) groups is 2. The summed E-state index contributed by atoms with van der Waals surface area (Å²) in [6.07, 6.45) is 6.09. The summed E-state index contributed by atoms with van der Waals surface area (Å²) < 4.78 is 11.4. The molecule has 0 spiro atoms. The first-order valence-electron chi connectivity index (χ1n) is 12.8. The smallest absolute Gasteiger partial charge is 0.326 e. The van der Waals surface area contributed by atoms with Crippen LogP contribution < -0.4 is 10.1 Å². The summed E-state index contributed by atoms with van der Waals surface area (Å²) in [5, 5.41) is 14.5. The molecular weight excluding hydrogens is 494 g/mol. The number of aromatic nitrogens is 1. The number of methoxy groups -OCH3 is 2. The molecule has 8 nitrogen and oxygen atoms in total. The van der Waals surface area contributed by atoms with Crippen LogP contribution in [0.15, 0.2) is 42.6 Å². The first-order chi connectivity index (χ1) is 17.7. The molecule has 1 aromatic heterocycles. The summed E-state index contributed by atoms with van der Waals surface area (Å²) in [6.45, 7) is 3.73. The van der Waals surface area contributed by atoms with Gasteiger partial charge in [0.05, 0.1) is 29.8 Å². The Morgan fingerprint density at radius 2 is 1.81 bits per heavy atom. The number of hydrogen-bond donors (Lipinski definition) is 2. The molecule has 1 saturated heterocycles. The zero-order valence-electron chi connectivity index (χ0n) is 21.8.